The summed E-state index contributed by atoms with van der Waals surface area (Å²) < 4.78 is 114. The maximum atomic E-state index is 13.6. The number of ether oxygens (including phenoxy) is 3. The molecule has 4 N–H and O–H groups in total. The number of nitrogens with zero attached hydrogens (tertiary/aromatic N) is 6. The topological polar surface area (TPSA) is 172 Å². The van der Waals surface area contributed by atoms with Gasteiger partial charge in [0.15, 0.2) is 0 Å². The number of aromatic nitrogens is 5. The molecule has 0 aromatic carbocycles. The van der Waals surface area contributed by atoms with Crippen molar-refractivity contribution >= 4 is 40.7 Å². The second-order valence-electron chi connectivity index (χ2n) is 13.8. The van der Waals surface area contributed by atoms with Gasteiger partial charge in [-0.3, -0.25) is 9.59 Å². The summed E-state index contributed by atoms with van der Waals surface area (Å²) >= 11 is 0. The summed E-state index contributed by atoms with van der Waals surface area (Å²) in [6.07, 6.45) is -1.76. The number of halogens is 7. The molecule has 59 heavy (non-hydrogen) atoms. The molecule has 0 aliphatic carbocycles. The Labute approximate surface area is 331 Å². The summed E-state index contributed by atoms with van der Waals surface area (Å²) in [5.41, 5.74) is 4.34. The van der Waals surface area contributed by atoms with Gasteiger partial charge in [-0.15, -0.1) is 0 Å². The summed E-state index contributed by atoms with van der Waals surface area (Å²) in [7, 11) is 0. The number of nitrogens with one attached hydrogen (secondary N) is 2. The predicted molar refractivity (Wildman–Crippen MR) is 200 cm³/mol. The van der Waals surface area contributed by atoms with Crippen LogP contribution >= 0.6 is 0 Å². The third-order valence-corrected chi connectivity index (χ3v) is 8.91. The fourth-order valence-electron chi connectivity index (χ4n) is 6.19. The minimum atomic E-state index is -4.81. The summed E-state index contributed by atoms with van der Waals surface area (Å²) in [4.78, 5) is 42.0. The van der Waals surface area contributed by atoms with E-state index >= 15 is 0 Å². The average molecular weight is 834 g/mol. The molecular formula is C38H38F7N9O5. The van der Waals surface area contributed by atoms with Crippen LogP contribution in [0.5, 0.6) is 11.5 Å². The van der Waals surface area contributed by atoms with Crippen LogP contribution in [0.25, 0.3) is 11.3 Å². The highest BCUT2D eigenvalue weighted by atomic mass is 19.4. The van der Waals surface area contributed by atoms with E-state index in [0.29, 0.717) is 37.9 Å². The van der Waals surface area contributed by atoms with Crippen molar-refractivity contribution in [3.05, 3.63) is 89.2 Å². The van der Waals surface area contributed by atoms with Crippen molar-refractivity contribution in [2.24, 2.45) is 10.7 Å². The summed E-state index contributed by atoms with van der Waals surface area (Å²) in [5, 5.41) is 5.07. The van der Waals surface area contributed by atoms with E-state index in [-0.39, 0.29) is 46.4 Å². The molecule has 0 spiro atoms. The number of aliphatic imine (C=N–C) groups is 1. The van der Waals surface area contributed by atoms with Crippen molar-refractivity contribution in [1.82, 2.24) is 23.8 Å². The van der Waals surface area contributed by atoms with Crippen molar-refractivity contribution in [2.45, 2.75) is 77.3 Å². The van der Waals surface area contributed by atoms with E-state index in [1.165, 1.54) is 35.9 Å². The number of hydrogen-bond donors (Lipinski definition) is 3. The molecule has 14 nitrogen and oxygen atoms in total. The molecule has 6 rings (SSSR count). The first-order valence-corrected chi connectivity index (χ1v) is 18.2. The van der Waals surface area contributed by atoms with Gasteiger partial charge in [0.1, 0.15) is 63.1 Å². The number of anilines is 2. The van der Waals surface area contributed by atoms with Gasteiger partial charge < -0.3 is 39.4 Å². The number of nitrogens with two attached hydrogens (primary N) is 1. The molecule has 1 aliphatic rings. The predicted octanol–water partition coefficient (Wildman–Crippen LogP) is 7.57. The third-order valence-electron chi connectivity index (χ3n) is 8.91. The van der Waals surface area contributed by atoms with Gasteiger partial charge in [0.2, 0.25) is 0 Å². The zero-order chi connectivity index (χ0) is 42.6. The van der Waals surface area contributed by atoms with E-state index in [0.717, 1.165) is 30.1 Å². The zero-order valence-corrected chi connectivity index (χ0v) is 31.6. The number of amides is 2. The Hall–Kier alpha value is -6.25. The molecule has 314 valence electrons. The van der Waals surface area contributed by atoms with Crippen molar-refractivity contribution in [3.8, 4) is 11.5 Å². The van der Waals surface area contributed by atoms with E-state index < -0.39 is 66.0 Å². The molecule has 6 heterocycles. The number of alkyl halides is 7. The molecular weight excluding hydrogens is 795 g/mol. The van der Waals surface area contributed by atoms with E-state index in [1.54, 1.807) is 24.4 Å². The maximum absolute atomic E-state index is 13.6. The Morgan fingerprint density at radius 3 is 2.22 bits per heavy atom. The van der Waals surface area contributed by atoms with Gasteiger partial charge in [-0.2, -0.15) is 22.0 Å². The van der Waals surface area contributed by atoms with Gasteiger partial charge in [0.05, 0.1) is 11.8 Å². The van der Waals surface area contributed by atoms with E-state index in [9.17, 15) is 40.3 Å². The minimum Gasteiger partial charge on any atom is -0.489 e. The quantitative estimate of drug-likeness (QED) is 0.0442. The molecule has 2 amide bonds. The zero-order valence-electron chi connectivity index (χ0n) is 31.6. The van der Waals surface area contributed by atoms with Crippen LogP contribution in [0.2, 0.25) is 0 Å². The monoisotopic (exact) mass is 833 g/mol. The lowest BCUT2D eigenvalue weighted by atomic mass is 9.97. The third kappa shape index (κ3) is 10.4. The molecule has 1 saturated heterocycles. The normalized spacial score (nSPS) is 15.1. The first kappa shape index (κ1) is 42.4. The number of rotatable bonds is 14. The van der Waals surface area contributed by atoms with Crippen LogP contribution in [-0.4, -0.2) is 73.8 Å². The van der Waals surface area contributed by atoms with Gasteiger partial charge in [-0.25, -0.2) is 28.7 Å². The minimum absolute atomic E-state index is 0.00409. The second kappa shape index (κ2) is 17.7. The highest BCUT2D eigenvalue weighted by Crippen LogP contribution is 2.34. The molecule has 1 unspecified atom stereocenters. The van der Waals surface area contributed by atoms with E-state index in [1.807, 2.05) is 0 Å². The smallest absolute Gasteiger partial charge is 0.433 e. The second-order valence-corrected chi connectivity index (χ2v) is 13.8. The number of imidazole rings is 2. The first-order valence-electron chi connectivity index (χ1n) is 18.2. The number of carbonyl (C=O) groups is 2. The van der Waals surface area contributed by atoms with Crippen LogP contribution in [0.3, 0.4) is 0 Å². The van der Waals surface area contributed by atoms with Crippen molar-refractivity contribution in [3.63, 3.8) is 0 Å². The Morgan fingerprint density at radius 1 is 0.932 bits per heavy atom. The Kier molecular flexibility index (Phi) is 12.7. The van der Waals surface area contributed by atoms with Crippen LogP contribution in [0, 0.1) is 0 Å². The highest BCUT2D eigenvalue weighted by Gasteiger charge is 2.33. The van der Waals surface area contributed by atoms with E-state index in [4.69, 9.17) is 24.9 Å². The molecule has 5 aromatic rings. The molecule has 0 radical (unpaired) electrons. The number of hydrogen-bond acceptors (Lipinski definition) is 10. The van der Waals surface area contributed by atoms with Gasteiger partial charge in [0.25, 0.3) is 18.2 Å². The molecule has 1 fully saturated rings. The number of fused-ring (bicyclic) bond motifs is 2. The Balaban J connectivity index is 1.31. The highest BCUT2D eigenvalue weighted by molar-refractivity contribution is 6.07. The molecule has 1 atom stereocenters. The Bertz CT molecular complexity index is 2390. The van der Waals surface area contributed by atoms with Crippen LogP contribution in [0.1, 0.15) is 79.9 Å². The van der Waals surface area contributed by atoms with Gasteiger partial charge in [-0.1, -0.05) is 6.07 Å². The molecule has 1 aliphatic heterocycles. The number of carbonyl (C=O) groups excluding carboxylic acids is 2. The van der Waals surface area contributed by atoms with Gasteiger partial charge in [-0.05, 0) is 45.7 Å². The van der Waals surface area contributed by atoms with Crippen molar-refractivity contribution < 1.29 is 54.5 Å². The Morgan fingerprint density at radius 2 is 1.58 bits per heavy atom. The van der Waals surface area contributed by atoms with Crippen LogP contribution in [0.15, 0.2) is 71.4 Å². The lowest BCUT2D eigenvalue weighted by Gasteiger charge is -2.20. The molecule has 0 saturated carbocycles. The van der Waals surface area contributed by atoms with Crippen LogP contribution in [-0.2, 0) is 15.7 Å². The van der Waals surface area contributed by atoms with Crippen LogP contribution < -0.4 is 25.8 Å². The fourth-order valence-corrected chi connectivity index (χ4v) is 6.19. The molecule has 21 heteroatoms. The SMILES string of the molecule is CC(C)Oc1cc2nc(C(F)F)cn2cc1NC(=O)C(N)=C(/C=N/C(F)F)CC(C)Oc1cc2nc(C3CCOCC3)cn2cc1NC(=O)c1cccc(C(F)(F)F)n1. The number of pyridine rings is 3. The summed E-state index contributed by atoms with van der Waals surface area (Å²) in [5.74, 6) is -1.88. The van der Waals surface area contributed by atoms with Crippen molar-refractivity contribution in [1.29, 1.82) is 0 Å². The summed E-state index contributed by atoms with van der Waals surface area (Å²) in [6, 6.07) is 5.67. The first-order chi connectivity index (χ1) is 27.9. The largest absolute Gasteiger partial charge is 0.489 e. The van der Waals surface area contributed by atoms with Gasteiger partial charge >= 0.3 is 12.7 Å². The molecule has 0 bridgehead atoms. The maximum Gasteiger partial charge on any atom is 0.433 e. The standard InChI is InChI=1S/C38H38F7N9O5/c1-19(2)58-28-12-32-50-27(34(39)40)18-54(32)16-25(28)52-36(56)33(46)22(14-47-37(41)42)11-20(3)59-29-13-31-49-24(21-7-9-57-10-8-21)15-53(31)17-26(29)51-35(55)23-5-4-6-30(48-23)38(43,44)45/h4-6,12-21,34,37H,7-11,46H2,1-3H3,(H,51,55)(H,52,56)/b33-22?,47-14+. The van der Waals surface area contributed by atoms with Gasteiger partial charge in [0, 0.05) is 74.3 Å². The van der Waals surface area contributed by atoms with Crippen molar-refractivity contribution in [2.75, 3.05) is 23.8 Å². The fraction of sp³-hybridized carbons (Fsp3) is 0.368. The molecule has 5 aromatic heterocycles. The summed E-state index contributed by atoms with van der Waals surface area (Å²) in [6.45, 7) is 2.78. The average Bonchev–Trinajstić information content (AvgIpc) is 3.80. The lowest BCUT2D eigenvalue weighted by molar-refractivity contribution is -0.141. The van der Waals surface area contributed by atoms with Crippen LogP contribution in [0.4, 0.5) is 42.1 Å². The lowest BCUT2D eigenvalue weighted by Crippen LogP contribution is -2.25. The van der Waals surface area contributed by atoms with E-state index in [2.05, 4.69) is 25.6 Å².